The summed E-state index contributed by atoms with van der Waals surface area (Å²) in [5, 5.41) is 7.71. The maximum absolute atomic E-state index is 13.3. The van der Waals surface area contributed by atoms with Crippen LogP contribution in [-0.2, 0) is 19.1 Å². The molecule has 182 valence electrons. The second-order valence-electron chi connectivity index (χ2n) is 9.41. The number of amides is 2. The summed E-state index contributed by atoms with van der Waals surface area (Å²) >= 11 is 0. The van der Waals surface area contributed by atoms with Crippen LogP contribution in [0.3, 0.4) is 0 Å². The van der Waals surface area contributed by atoms with E-state index in [1.807, 2.05) is 46.8 Å². The molecular weight excluding hydrogens is 434 g/mol. The molecule has 4 heterocycles. The second-order valence-corrected chi connectivity index (χ2v) is 9.41. The minimum Gasteiger partial charge on any atom is -0.355 e. The zero-order valence-electron chi connectivity index (χ0n) is 20.0. The number of nitrogens with one attached hydrogen (secondary N) is 1. The van der Waals surface area contributed by atoms with Gasteiger partial charge in [0, 0.05) is 51.9 Å². The van der Waals surface area contributed by atoms with Gasteiger partial charge < -0.3 is 24.6 Å². The van der Waals surface area contributed by atoms with E-state index in [1.54, 1.807) is 0 Å². The Kier molecular flexibility index (Phi) is 6.31. The van der Waals surface area contributed by atoms with Gasteiger partial charge in [-0.1, -0.05) is 18.2 Å². The fourth-order valence-electron chi connectivity index (χ4n) is 5.33. The van der Waals surface area contributed by atoms with E-state index < -0.39 is 5.79 Å². The van der Waals surface area contributed by atoms with Crippen molar-refractivity contribution in [2.45, 2.75) is 45.3 Å². The first kappa shape index (κ1) is 22.9. The van der Waals surface area contributed by atoms with Crippen molar-refractivity contribution < 1.29 is 19.1 Å². The average molecular weight is 468 g/mol. The normalized spacial score (nSPS) is 20.6. The third-order valence-electron chi connectivity index (χ3n) is 7.13. The predicted molar refractivity (Wildman–Crippen MR) is 128 cm³/mol. The number of aromatic nitrogens is 2. The number of piperidine rings is 2. The number of carbonyl (C=O) groups is 2. The molecule has 1 spiro atoms. The number of aryl methyl sites for hydroxylation is 1. The number of hydrogen-bond acceptors (Lipinski definition) is 6. The highest BCUT2D eigenvalue weighted by Gasteiger charge is 2.42. The SMILES string of the molecule is CC(=O)Nc1c(C)nn(-c2ccccc2)c1N1CCC(C(=O)N2CCC3(CC2)OCCO3)CC1. The van der Waals surface area contributed by atoms with E-state index in [4.69, 9.17) is 14.6 Å². The lowest BCUT2D eigenvalue weighted by Gasteiger charge is -2.40. The second kappa shape index (κ2) is 9.38. The average Bonchev–Trinajstić information content (AvgIpc) is 3.44. The standard InChI is InChI=1S/C25H33N5O4/c1-18-22(26-19(2)31)23(30(27-18)21-6-4-3-5-7-21)28-12-8-20(9-13-28)24(32)29-14-10-25(11-15-29)33-16-17-34-25/h3-7,20H,8-17H2,1-2H3,(H,26,31). The van der Waals surface area contributed by atoms with Crippen molar-refractivity contribution in [2.75, 3.05) is 49.6 Å². The number of rotatable bonds is 4. The molecule has 1 N–H and O–H groups in total. The minimum absolute atomic E-state index is 0.00845. The van der Waals surface area contributed by atoms with E-state index in [0.29, 0.717) is 26.3 Å². The molecule has 2 aromatic rings. The van der Waals surface area contributed by atoms with E-state index in [1.165, 1.54) is 6.92 Å². The summed E-state index contributed by atoms with van der Waals surface area (Å²) in [5.41, 5.74) is 2.44. The van der Waals surface area contributed by atoms with E-state index in [9.17, 15) is 9.59 Å². The molecule has 3 aliphatic rings. The van der Waals surface area contributed by atoms with Crippen LogP contribution in [-0.4, -0.2) is 71.7 Å². The first-order chi connectivity index (χ1) is 16.5. The molecule has 3 aliphatic heterocycles. The van der Waals surface area contributed by atoms with E-state index in [0.717, 1.165) is 61.7 Å². The third kappa shape index (κ3) is 4.42. The summed E-state index contributed by atoms with van der Waals surface area (Å²) in [6, 6.07) is 9.93. The monoisotopic (exact) mass is 467 g/mol. The van der Waals surface area contributed by atoms with Gasteiger partial charge in [0.1, 0.15) is 5.69 Å². The molecule has 3 saturated heterocycles. The van der Waals surface area contributed by atoms with Gasteiger partial charge in [-0.25, -0.2) is 4.68 Å². The Balaban J connectivity index is 1.29. The predicted octanol–water partition coefficient (Wildman–Crippen LogP) is 2.72. The summed E-state index contributed by atoms with van der Waals surface area (Å²) in [6.45, 7) is 7.54. The first-order valence-corrected chi connectivity index (χ1v) is 12.2. The van der Waals surface area contributed by atoms with Gasteiger partial charge in [0.15, 0.2) is 11.6 Å². The third-order valence-corrected chi connectivity index (χ3v) is 7.13. The number of anilines is 2. The molecule has 1 aromatic carbocycles. The van der Waals surface area contributed by atoms with E-state index in [2.05, 4.69) is 10.2 Å². The Hall–Kier alpha value is -2.91. The number of carbonyl (C=O) groups excluding carboxylic acids is 2. The quantitative estimate of drug-likeness (QED) is 0.744. The maximum atomic E-state index is 13.3. The molecule has 9 heteroatoms. The lowest BCUT2D eigenvalue weighted by molar-refractivity contribution is -0.188. The van der Waals surface area contributed by atoms with Crippen molar-refractivity contribution in [1.82, 2.24) is 14.7 Å². The van der Waals surface area contributed by atoms with Crippen LogP contribution in [0, 0.1) is 12.8 Å². The molecule has 1 aromatic heterocycles. The number of para-hydroxylation sites is 1. The summed E-state index contributed by atoms with van der Waals surface area (Å²) in [5.74, 6) is 0.533. The van der Waals surface area contributed by atoms with Crippen LogP contribution >= 0.6 is 0 Å². The van der Waals surface area contributed by atoms with Crippen LogP contribution in [0.5, 0.6) is 0 Å². The van der Waals surface area contributed by atoms with Gasteiger partial charge in [-0.3, -0.25) is 9.59 Å². The van der Waals surface area contributed by atoms with Crippen molar-refractivity contribution in [3.05, 3.63) is 36.0 Å². The largest absolute Gasteiger partial charge is 0.355 e. The van der Waals surface area contributed by atoms with Gasteiger partial charge in [-0.05, 0) is 31.9 Å². The summed E-state index contributed by atoms with van der Waals surface area (Å²) in [4.78, 5) is 29.4. The summed E-state index contributed by atoms with van der Waals surface area (Å²) in [6.07, 6.45) is 3.03. The van der Waals surface area contributed by atoms with Crippen molar-refractivity contribution in [1.29, 1.82) is 0 Å². The van der Waals surface area contributed by atoms with Crippen molar-refractivity contribution >= 4 is 23.3 Å². The smallest absolute Gasteiger partial charge is 0.225 e. The van der Waals surface area contributed by atoms with Crippen LogP contribution in [0.1, 0.15) is 38.3 Å². The highest BCUT2D eigenvalue weighted by atomic mass is 16.7. The molecule has 0 aliphatic carbocycles. The molecule has 5 rings (SSSR count). The Morgan fingerprint density at radius 1 is 1.03 bits per heavy atom. The van der Waals surface area contributed by atoms with Gasteiger partial charge in [0.2, 0.25) is 11.8 Å². The Morgan fingerprint density at radius 2 is 1.68 bits per heavy atom. The first-order valence-electron chi connectivity index (χ1n) is 12.2. The molecule has 0 radical (unpaired) electrons. The Bertz CT molecular complexity index is 1030. The molecule has 0 bridgehead atoms. The topological polar surface area (TPSA) is 88.9 Å². The van der Waals surface area contributed by atoms with Crippen LogP contribution in [0.2, 0.25) is 0 Å². The van der Waals surface area contributed by atoms with Gasteiger partial charge in [0.25, 0.3) is 0 Å². The highest BCUT2D eigenvalue weighted by Crippen LogP contribution is 2.36. The van der Waals surface area contributed by atoms with Crippen molar-refractivity contribution in [3.8, 4) is 5.69 Å². The number of nitrogens with zero attached hydrogens (tertiary/aromatic N) is 4. The van der Waals surface area contributed by atoms with Gasteiger partial charge in [0.05, 0.1) is 24.6 Å². The van der Waals surface area contributed by atoms with E-state index in [-0.39, 0.29) is 17.7 Å². The van der Waals surface area contributed by atoms with Gasteiger partial charge in [-0.15, -0.1) is 0 Å². The highest BCUT2D eigenvalue weighted by molar-refractivity contribution is 5.93. The number of ether oxygens (including phenoxy) is 2. The van der Waals surface area contributed by atoms with Crippen LogP contribution in [0.15, 0.2) is 30.3 Å². The lowest BCUT2D eigenvalue weighted by Crippen LogP contribution is -2.50. The summed E-state index contributed by atoms with van der Waals surface area (Å²) in [7, 11) is 0. The molecule has 0 saturated carbocycles. The van der Waals surface area contributed by atoms with E-state index >= 15 is 0 Å². The number of hydrogen-bond donors (Lipinski definition) is 1. The Labute approximate surface area is 200 Å². The Morgan fingerprint density at radius 3 is 2.29 bits per heavy atom. The maximum Gasteiger partial charge on any atom is 0.225 e. The molecule has 9 nitrogen and oxygen atoms in total. The number of likely N-dealkylation sites (tertiary alicyclic amines) is 1. The van der Waals surface area contributed by atoms with Gasteiger partial charge in [-0.2, -0.15) is 5.10 Å². The summed E-state index contributed by atoms with van der Waals surface area (Å²) < 4.78 is 13.5. The number of benzene rings is 1. The van der Waals surface area contributed by atoms with Crippen LogP contribution in [0.25, 0.3) is 5.69 Å². The molecule has 2 amide bonds. The fraction of sp³-hybridized carbons (Fsp3) is 0.560. The van der Waals surface area contributed by atoms with Crippen molar-refractivity contribution in [3.63, 3.8) is 0 Å². The van der Waals surface area contributed by atoms with Crippen molar-refractivity contribution in [2.24, 2.45) is 5.92 Å². The molecule has 34 heavy (non-hydrogen) atoms. The molecule has 3 fully saturated rings. The lowest BCUT2D eigenvalue weighted by atomic mass is 9.93. The minimum atomic E-state index is -0.464. The van der Waals surface area contributed by atoms with Crippen LogP contribution in [0.4, 0.5) is 11.5 Å². The zero-order valence-corrected chi connectivity index (χ0v) is 20.0. The van der Waals surface area contributed by atoms with Crippen LogP contribution < -0.4 is 10.2 Å². The zero-order chi connectivity index (χ0) is 23.7. The van der Waals surface area contributed by atoms with Gasteiger partial charge >= 0.3 is 0 Å². The molecular formula is C25H33N5O4. The molecule has 0 unspecified atom stereocenters. The fourth-order valence-corrected chi connectivity index (χ4v) is 5.33. The molecule has 0 atom stereocenters.